The molecular weight excluding hydrogens is 252 g/mol. The van der Waals surface area contributed by atoms with E-state index in [1.165, 1.54) is 12.1 Å². The Bertz CT molecular complexity index is 559. The molecule has 1 aromatic heterocycles. The number of halogens is 4. The van der Waals surface area contributed by atoms with Crippen LogP contribution in [0.4, 0.5) is 34.9 Å². The number of hydrogen-bond donors (Lipinski definition) is 2. The summed E-state index contributed by atoms with van der Waals surface area (Å²) in [5, 5.41) is 8.95. The van der Waals surface area contributed by atoms with Gasteiger partial charge in [-0.3, -0.25) is 0 Å². The Kier molecular flexibility index (Phi) is 3.00. The third-order valence-electron chi connectivity index (χ3n) is 2.05. The highest BCUT2D eigenvalue weighted by atomic mass is 19.2. The average Bonchev–Trinajstić information content (AvgIpc) is 2.34. The van der Waals surface area contributed by atoms with Crippen LogP contribution in [0.1, 0.15) is 0 Å². The van der Waals surface area contributed by atoms with Crippen LogP contribution in [-0.4, -0.2) is 10.2 Å². The van der Waals surface area contributed by atoms with Crippen molar-refractivity contribution in [1.29, 1.82) is 0 Å². The zero-order valence-electron chi connectivity index (χ0n) is 8.72. The van der Waals surface area contributed by atoms with E-state index in [2.05, 4.69) is 15.5 Å². The average molecular weight is 258 g/mol. The first-order valence-electron chi connectivity index (χ1n) is 4.68. The summed E-state index contributed by atoms with van der Waals surface area (Å²) in [6.07, 6.45) is 0. The van der Waals surface area contributed by atoms with E-state index in [4.69, 9.17) is 5.73 Å². The van der Waals surface area contributed by atoms with Gasteiger partial charge in [0.2, 0.25) is 0 Å². The molecule has 8 heteroatoms. The minimum atomic E-state index is -1.55. The minimum Gasteiger partial charge on any atom is -0.382 e. The molecular formula is C10H6F4N4. The van der Waals surface area contributed by atoms with E-state index in [1.54, 1.807) is 0 Å². The van der Waals surface area contributed by atoms with Gasteiger partial charge in [0.25, 0.3) is 0 Å². The smallest absolute Gasteiger partial charge is 0.185 e. The number of anilines is 3. The second-order valence-electron chi connectivity index (χ2n) is 3.31. The van der Waals surface area contributed by atoms with Crippen LogP contribution in [0.3, 0.4) is 0 Å². The van der Waals surface area contributed by atoms with Crippen molar-refractivity contribution in [3.05, 3.63) is 41.5 Å². The number of rotatable bonds is 2. The molecule has 0 atom stereocenters. The van der Waals surface area contributed by atoms with Gasteiger partial charge in [0.15, 0.2) is 29.1 Å². The summed E-state index contributed by atoms with van der Waals surface area (Å²) in [5.41, 5.74) is 4.28. The molecule has 2 rings (SSSR count). The topological polar surface area (TPSA) is 63.8 Å². The predicted octanol–water partition coefficient (Wildman–Crippen LogP) is 2.36. The second kappa shape index (κ2) is 4.47. The van der Waals surface area contributed by atoms with Crippen LogP contribution in [0.25, 0.3) is 0 Å². The minimum absolute atomic E-state index is 0.0897. The maximum absolute atomic E-state index is 13.3. The van der Waals surface area contributed by atoms with Gasteiger partial charge in [0.05, 0.1) is 0 Å². The molecule has 2 aromatic rings. The lowest BCUT2D eigenvalue weighted by Gasteiger charge is -2.08. The predicted molar refractivity (Wildman–Crippen MR) is 56.0 cm³/mol. The van der Waals surface area contributed by atoms with Gasteiger partial charge in [-0.1, -0.05) is 0 Å². The lowest BCUT2D eigenvalue weighted by Crippen LogP contribution is -2.05. The number of benzene rings is 1. The van der Waals surface area contributed by atoms with Crippen molar-refractivity contribution in [2.24, 2.45) is 0 Å². The van der Waals surface area contributed by atoms with Crippen LogP contribution in [0.15, 0.2) is 18.2 Å². The third-order valence-corrected chi connectivity index (χ3v) is 2.05. The molecule has 0 radical (unpaired) electrons. The maximum Gasteiger partial charge on any atom is 0.185 e. The van der Waals surface area contributed by atoms with Crippen molar-refractivity contribution in [2.45, 2.75) is 0 Å². The van der Waals surface area contributed by atoms with Gasteiger partial charge in [0.1, 0.15) is 11.5 Å². The summed E-state index contributed by atoms with van der Waals surface area (Å²) in [6, 6.07) is 2.68. The van der Waals surface area contributed by atoms with E-state index in [0.29, 0.717) is 0 Å². The van der Waals surface area contributed by atoms with Gasteiger partial charge < -0.3 is 11.1 Å². The number of nitrogens with two attached hydrogens (primary N) is 1. The highest BCUT2D eigenvalue weighted by Gasteiger charge is 2.19. The molecule has 3 N–H and O–H groups in total. The monoisotopic (exact) mass is 258 g/mol. The normalized spacial score (nSPS) is 10.4. The van der Waals surface area contributed by atoms with Crippen LogP contribution >= 0.6 is 0 Å². The molecule has 0 aliphatic heterocycles. The number of hydrogen-bond acceptors (Lipinski definition) is 4. The molecule has 0 fully saturated rings. The van der Waals surface area contributed by atoms with Crippen LogP contribution in [0.5, 0.6) is 0 Å². The van der Waals surface area contributed by atoms with E-state index in [9.17, 15) is 17.6 Å². The molecule has 4 nitrogen and oxygen atoms in total. The Morgan fingerprint density at radius 3 is 2.06 bits per heavy atom. The molecule has 0 aliphatic rings. The summed E-state index contributed by atoms with van der Waals surface area (Å²) in [7, 11) is 0. The first-order chi connectivity index (χ1) is 8.49. The molecule has 0 saturated carbocycles. The fourth-order valence-corrected chi connectivity index (χ4v) is 1.22. The first kappa shape index (κ1) is 12.1. The Morgan fingerprint density at radius 2 is 1.56 bits per heavy atom. The third kappa shape index (κ3) is 2.17. The van der Waals surface area contributed by atoms with Gasteiger partial charge >= 0.3 is 0 Å². The van der Waals surface area contributed by atoms with Gasteiger partial charge in [-0.2, -0.15) is 0 Å². The molecule has 0 saturated heterocycles. The number of aromatic nitrogens is 2. The zero-order valence-corrected chi connectivity index (χ0v) is 8.72. The summed E-state index contributed by atoms with van der Waals surface area (Å²) in [6.45, 7) is 0. The van der Waals surface area contributed by atoms with Crippen LogP contribution in [0.2, 0.25) is 0 Å². The summed E-state index contributed by atoms with van der Waals surface area (Å²) in [5.74, 6) is -6.14. The lowest BCUT2D eigenvalue weighted by atomic mass is 10.2. The molecule has 0 bridgehead atoms. The molecule has 0 unspecified atom stereocenters. The highest BCUT2D eigenvalue weighted by Crippen LogP contribution is 2.26. The summed E-state index contributed by atoms with van der Waals surface area (Å²) >= 11 is 0. The van der Waals surface area contributed by atoms with E-state index in [0.717, 1.165) is 0 Å². The van der Waals surface area contributed by atoms with Gasteiger partial charge in [0, 0.05) is 6.07 Å². The van der Waals surface area contributed by atoms with Crippen molar-refractivity contribution in [2.75, 3.05) is 11.1 Å². The molecule has 0 spiro atoms. The Labute approximate surface area is 98.4 Å². The SMILES string of the molecule is Nc1ccc(Nc2c(F)c(F)cc(F)c2F)nn1. The van der Waals surface area contributed by atoms with Crippen LogP contribution < -0.4 is 11.1 Å². The number of nitrogens with one attached hydrogen (secondary N) is 1. The van der Waals surface area contributed by atoms with Gasteiger partial charge in [-0.15, -0.1) is 10.2 Å². The Hall–Kier alpha value is -2.38. The highest BCUT2D eigenvalue weighted by molar-refractivity contribution is 5.58. The number of nitrogen functional groups attached to an aromatic ring is 1. The molecule has 1 heterocycles. The molecule has 18 heavy (non-hydrogen) atoms. The Balaban J connectivity index is 2.42. The van der Waals surface area contributed by atoms with Crippen LogP contribution in [0, 0.1) is 23.3 Å². The standard InChI is InChI=1S/C10H6F4N4/c11-4-3-5(12)9(14)10(8(4)13)16-7-2-1-6(15)17-18-7/h1-3H,(H2,15,17)(H,16,18). The largest absolute Gasteiger partial charge is 0.382 e. The molecule has 0 amide bonds. The first-order valence-corrected chi connectivity index (χ1v) is 4.68. The van der Waals surface area contributed by atoms with Gasteiger partial charge in [-0.25, -0.2) is 17.6 Å². The number of nitrogens with zero attached hydrogens (tertiary/aromatic N) is 2. The summed E-state index contributed by atoms with van der Waals surface area (Å²) < 4.78 is 52.4. The van der Waals surface area contributed by atoms with Crippen molar-refractivity contribution < 1.29 is 17.6 Å². The Morgan fingerprint density at radius 1 is 0.944 bits per heavy atom. The quantitative estimate of drug-likeness (QED) is 0.641. The van der Waals surface area contributed by atoms with E-state index in [1.807, 2.05) is 0 Å². The molecule has 0 aliphatic carbocycles. The lowest BCUT2D eigenvalue weighted by molar-refractivity contribution is 0.459. The van der Waals surface area contributed by atoms with Gasteiger partial charge in [-0.05, 0) is 12.1 Å². The zero-order chi connectivity index (χ0) is 13.3. The van der Waals surface area contributed by atoms with E-state index in [-0.39, 0.29) is 17.7 Å². The molecule has 1 aromatic carbocycles. The second-order valence-corrected chi connectivity index (χ2v) is 3.31. The maximum atomic E-state index is 13.3. The summed E-state index contributed by atoms with van der Waals surface area (Å²) in [4.78, 5) is 0. The van der Waals surface area contributed by atoms with E-state index >= 15 is 0 Å². The van der Waals surface area contributed by atoms with Crippen LogP contribution in [-0.2, 0) is 0 Å². The van der Waals surface area contributed by atoms with Crippen molar-refractivity contribution in [1.82, 2.24) is 10.2 Å². The van der Waals surface area contributed by atoms with Crippen molar-refractivity contribution in [3.63, 3.8) is 0 Å². The molecule has 94 valence electrons. The van der Waals surface area contributed by atoms with Crippen molar-refractivity contribution >= 4 is 17.3 Å². The fourth-order valence-electron chi connectivity index (χ4n) is 1.22. The fraction of sp³-hybridized carbons (Fsp3) is 0. The van der Waals surface area contributed by atoms with Crippen molar-refractivity contribution in [3.8, 4) is 0 Å². The van der Waals surface area contributed by atoms with E-state index < -0.39 is 29.0 Å².